The molecule has 0 bridgehead atoms. The molecular formula is C11H21NO2. The van der Waals surface area contributed by atoms with Crippen LogP contribution in [-0.4, -0.2) is 24.2 Å². The molecule has 2 N–H and O–H groups in total. The van der Waals surface area contributed by atoms with E-state index in [2.05, 4.69) is 18.8 Å². The van der Waals surface area contributed by atoms with Crippen molar-refractivity contribution in [1.82, 2.24) is 5.32 Å². The number of nitrogens with one attached hydrogen (secondary N) is 1. The molecule has 0 spiro atoms. The fourth-order valence-electron chi connectivity index (χ4n) is 1.21. The zero-order valence-corrected chi connectivity index (χ0v) is 8.96. The van der Waals surface area contributed by atoms with Crippen molar-refractivity contribution in [3.63, 3.8) is 0 Å². The normalized spacial score (nSPS) is 12.1. The highest BCUT2D eigenvalue weighted by Crippen LogP contribution is 2.05. The molecule has 0 saturated heterocycles. The first-order valence-electron chi connectivity index (χ1n) is 5.23. The first-order valence-corrected chi connectivity index (χ1v) is 5.23. The summed E-state index contributed by atoms with van der Waals surface area (Å²) >= 11 is 0. The van der Waals surface area contributed by atoms with Crippen LogP contribution < -0.4 is 5.32 Å². The molecule has 0 aromatic rings. The molecule has 82 valence electrons. The SMILES string of the molecule is C=CCCC(=O)NCC(CC)CCO. The number of carbonyl (C=O) groups is 1. The molecule has 0 fully saturated rings. The standard InChI is InChI=1S/C11H21NO2/c1-3-5-6-11(14)12-9-10(4-2)7-8-13/h3,10,13H,1,4-9H2,2H3,(H,12,14). The Morgan fingerprint density at radius 2 is 2.36 bits per heavy atom. The molecule has 0 aliphatic rings. The molecule has 0 radical (unpaired) electrons. The van der Waals surface area contributed by atoms with Crippen LogP contribution in [0.25, 0.3) is 0 Å². The Balaban J connectivity index is 3.56. The zero-order valence-electron chi connectivity index (χ0n) is 8.96. The lowest BCUT2D eigenvalue weighted by Crippen LogP contribution is -2.29. The lowest BCUT2D eigenvalue weighted by atomic mass is 10.0. The van der Waals surface area contributed by atoms with Gasteiger partial charge in [0.1, 0.15) is 0 Å². The van der Waals surface area contributed by atoms with Gasteiger partial charge in [0.05, 0.1) is 0 Å². The molecule has 3 nitrogen and oxygen atoms in total. The second-order valence-corrected chi connectivity index (χ2v) is 3.42. The molecular weight excluding hydrogens is 178 g/mol. The molecule has 1 amide bonds. The molecule has 0 aromatic carbocycles. The third kappa shape index (κ3) is 6.66. The van der Waals surface area contributed by atoms with Crippen LogP contribution in [0.5, 0.6) is 0 Å². The van der Waals surface area contributed by atoms with Crippen LogP contribution in [-0.2, 0) is 4.79 Å². The van der Waals surface area contributed by atoms with Gasteiger partial charge in [0, 0.05) is 19.6 Å². The summed E-state index contributed by atoms with van der Waals surface area (Å²) in [7, 11) is 0. The van der Waals surface area contributed by atoms with Crippen molar-refractivity contribution >= 4 is 5.91 Å². The second kappa shape index (κ2) is 8.75. The van der Waals surface area contributed by atoms with Gasteiger partial charge in [-0.25, -0.2) is 0 Å². The van der Waals surface area contributed by atoms with Gasteiger partial charge in [-0.05, 0) is 18.8 Å². The Hall–Kier alpha value is -0.830. The van der Waals surface area contributed by atoms with Gasteiger partial charge in [-0.1, -0.05) is 19.4 Å². The van der Waals surface area contributed by atoms with Crippen LogP contribution in [0.3, 0.4) is 0 Å². The van der Waals surface area contributed by atoms with Crippen LogP contribution in [0.4, 0.5) is 0 Å². The fourth-order valence-corrected chi connectivity index (χ4v) is 1.21. The predicted molar refractivity (Wildman–Crippen MR) is 57.9 cm³/mol. The number of rotatable bonds is 8. The molecule has 0 aliphatic heterocycles. The van der Waals surface area contributed by atoms with Gasteiger partial charge in [-0.2, -0.15) is 0 Å². The number of hydrogen-bond acceptors (Lipinski definition) is 2. The quantitative estimate of drug-likeness (QED) is 0.582. The van der Waals surface area contributed by atoms with Gasteiger partial charge in [-0.3, -0.25) is 4.79 Å². The summed E-state index contributed by atoms with van der Waals surface area (Å²) < 4.78 is 0. The van der Waals surface area contributed by atoms with Crippen molar-refractivity contribution in [3.8, 4) is 0 Å². The van der Waals surface area contributed by atoms with E-state index in [1.54, 1.807) is 6.08 Å². The predicted octanol–water partition coefficient (Wildman–Crippen LogP) is 1.48. The van der Waals surface area contributed by atoms with Crippen LogP contribution >= 0.6 is 0 Å². The number of hydrogen-bond donors (Lipinski definition) is 2. The van der Waals surface area contributed by atoms with E-state index in [9.17, 15) is 4.79 Å². The first kappa shape index (κ1) is 13.2. The van der Waals surface area contributed by atoms with Gasteiger partial charge >= 0.3 is 0 Å². The number of carbonyl (C=O) groups excluding carboxylic acids is 1. The van der Waals surface area contributed by atoms with E-state index in [1.807, 2.05) is 0 Å². The second-order valence-electron chi connectivity index (χ2n) is 3.42. The Morgan fingerprint density at radius 3 is 2.86 bits per heavy atom. The van der Waals surface area contributed by atoms with Gasteiger partial charge < -0.3 is 10.4 Å². The Bertz CT molecular complexity index is 169. The molecule has 0 rings (SSSR count). The van der Waals surface area contributed by atoms with Crippen molar-refractivity contribution in [3.05, 3.63) is 12.7 Å². The summed E-state index contributed by atoms with van der Waals surface area (Å²) in [5, 5.41) is 11.6. The van der Waals surface area contributed by atoms with E-state index >= 15 is 0 Å². The number of aliphatic hydroxyl groups excluding tert-OH is 1. The summed E-state index contributed by atoms with van der Waals surface area (Å²) in [4.78, 5) is 11.2. The summed E-state index contributed by atoms with van der Waals surface area (Å²) in [6.07, 6.45) is 4.73. The largest absolute Gasteiger partial charge is 0.396 e. The van der Waals surface area contributed by atoms with Crippen LogP contribution in [0.2, 0.25) is 0 Å². The van der Waals surface area contributed by atoms with Crippen LogP contribution in [0.15, 0.2) is 12.7 Å². The topological polar surface area (TPSA) is 49.3 Å². The number of allylic oxidation sites excluding steroid dienone is 1. The van der Waals surface area contributed by atoms with E-state index in [1.165, 1.54) is 0 Å². The molecule has 1 unspecified atom stereocenters. The van der Waals surface area contributed by atoms with E-state index in [0.29, 0.717) is 18.9 Å². The summed E-state index contributed by atoms with van der Waals surface area (Å²) in [6.45, 7) is 6.50. The summed E-state index contributed by atoms with van der Waals surface area (Å²) in [5.41, 5.74) is 0. The minimum atomic E-state index is 0.0706. The Morgan fingerprint density at radius 1 is 1.64 bits per heavy atom. The Kier molecular flexibility index (Phi) is 8.24. The summed E-state index contributed by atoms with van der Waals surface area (Å²) in [5.74, 6) is 0.467. The highest BCUT2D eigenvalue weighted by atomic mass is 16.3. The Labute approximate surface area is 86.2 Å². The minimum absolute atomic E-state index is 0.0706. The van der Waals surface area contributed by atoms with Crippen LogP contribution in [0.1, 0.15) is 32.6 Å². The smallest absolute Gasteiger partial charge is 0.220 e. The maximum atomic E-state index is 11.2. The maximum Gasteiger partial charge on any atom is 0.220 e. The highest BCUT2D eigenvalue weighted by molar-refractivity contribution is 5.75. The van der Waals surface area contributed by atoms with Crippen molar-refractivity contribution in [2.75, 3.05) is 13.2 Å². The average molecular weight is 199 g/mol. The number of amides is 1. The van der Waals surface area contributed by atoms with Gasteiger partial charge in [0.2, 0.25) is 5.91 Å². The lowest BCUT2D eigenvalue weighted by Gasteiger charge is -2.13. The molecule has 0 heterocycles. The summed E-state index contributed by atoms with van der Waals surface area (Å²) in [6, 6.07) is 0. The molecule has 0 saturated carbocycles. The average Bonchev–Trinajstić information content (AvgIpc) is 2.21. The first-order chi connectivity index (χ1) is 6.74. The van der Waals surface area contributed by atoms with Crippen LogP contribution in [0, 0.1) is 5.92 Å². The molecule has 3 heteroatoms. The molecule has 0 aliphatic carbocycles. The molecule has 14 heavy (non-hydrogen) atoms. The van der Waals surface area contributed by atoms with Crippen molar-refractivity contribution in [1.29, 1.82) is 0 Å². The molecule has 1 atom stereocenters. The van der Waals surface area contributed by atoms with E-state index in [0.717, 1.165) is 19.3 Å². The molecule has 0 aromatic heterocycles. The fraction of sp³-hybridized carbons (Fsp3) is 0.727. The van der Waals surface area contributed by atoms with E-state index < -0.39 is 0 Å². The van der Waals surface area contributed by atoms with Gasteiger partial charge in [-0.15, -0.1) is 6.58 Å². The highest BCUT2D eigenvalue weighted by Gasteiger charge is 2.07. The monoisotopic (exact) mass is 199 g/mol. The van der Waals surface area contributed by atoms with Crippen molar-refractivity contribution < 1.29 is 9.90 Å². The zero-order chi connectivity index (χ0) is 10.8. The van der Waals surface area contributed by atoms with Gasteiger partial charge in [0.15, 0.2) is 0 Å². The van der Waals surface area contributed by atoms with Gasteiger partial charge in [0.25, 0.3) is 0 Å². The lowest BCUT2D eigenvalue weighted by molar-refractivity contribution is -0.121. The van der Waals surface area contributed by atoms with Crippen molar-refractivity contribution in [2.24, 2.45) is 5.92 Å². The third-order valence-corrected chi connectivity index (χ3v) is 2.28. The number of aliphatic hydroxyl groups is 1. The minimum Gasteiger partial charge on any atom is -0.396 e. The van der Waals surface area contributed by atoms with E-state index in [-0.39, 0.29) is 12.5 Å². The van der Waals surface area contributed by atoms with Crippen molar-refractivity contribution in [2.45, 2.75) is 32.6 Å². The maximum absolute atomic E-state index is 11.2. The third-order valence-electron chi connectivity index (χ3n) is 2.28. The van der Waals surface area contributed by atoms with E-state index in [4.69, 9.17) is 5.11 Å².